The Kier molecular flexibility index (Phi) is 3.39. The van der Waals surface area contributed by atoms with Crippen LogP contribution in [-0.2, 0) is 6.54 Å². The predicted octanol–water partition coefficient (Wildman–Crippen LogP) is 3.32. The van der Waals surface area contributed by atoms with Crippen molar-refractivity contribution in [2.24, 2.45) is 0 Å². The molecule has 0 bridgehead atoms. The Morgan fingerprint density at radius 1 is 1.38 bits per heavy atom. The third kappa shape index (κ3) is 2.38. The summed E-state index contributed by atoms with van der Waals surface area (Å²) in [5.41, 5.74) is 4.05. The first-order valence-corrected chi connectivity index (χ1v) is 7.44. The van der Waals surface area contributed by atoms with Crippen molar-refractivity contribution < 1.29 is 9.90 Å². The van der Waals surface area contributed by atoms with E-state index in [9.17, 15) is 9.90 Å². The van der Waals surface area contributed by atoms with Gasteiger partial charge in [-0.15, -0.1) is 11.3 Å². The second-order valence-electron chi connectivity index (χ2n) is 4.84. The van der Waals surface area contributed by atoms with Gasteiger partial charge in [-0.2, -0.15) is 0 Å². The number of para-hydroxylation sites is 1. The highest BCUT2D eigenvalue weighted by molar-refractivity contribution is 7.15. The zero-order valence-corrected chi connectivity index (χ0v) is 12.6. The minimum atomic E-state index is -0.931. The maximum atomic E-state index is 11.2. The molecule has 0 fully saturated rings. The monoisotopic (exact) mass is 301 g/mol. The van der Waals surface area contributed by atoms with Crippen LogP contribution < -0.4 is 5.32 Å². The van der Waals surface area contributed by atoms with E-state index >= 15 is 0 Å². The fourth-order valence-corrected chi connectivity index (χ4v) is 3.31. The average Bonchev–Trinajstić information content (AvgIpc) is 2.96. The number of aromatic carboxylic acids is 1. The molecule has 6 heteroatoms. The molecule has 3 rings (SSSR count). The van der Waals surface area contributed by atoms with E-state index in [4.69, 9.17) is 0 Å². The number of imidazole rings is 1. The van der Waals surface area contributed by atoms with Crippen LogP contribution in [-0.4, -0.2) is 20.5 Å². The van der Waals surface area contributed by atoms with Gasteiger partial charge >= 0.3 is 5.97 Å². The number of carbonyl (C=O) groups is 1. The van der Waals surface area contributed by atoms with Crippen molar-refractivity contribution in [2.75, 3.05) is 5.32 Å². The molecule has 0 unspecified atom stereocenters. The van der Waals surface area contributed by atoms with Gasteiger partial charge in [0.25, 0.3) is 0 Å². The molecule has 1 aromatic carbocycles. The fourth-order valence-electron chi connectivity index (χ4n) is 2.38. The minimum absolute atomic E-state index is 0.276. The molecule has 0 aliphatic heterocycles. The summed E-state index contributed by atoms with van der Waals surface area (Å²) < 4.78 is 2.11. The van der Waals surface area contributed by atoms with Crippen molar-refractivity contribution in [3.05, 3.63) is 52.3 Å². The lowest BCUT2D eigenvalue weighted by Gasteiger charge is -2.10. The van der Waals surface area contributed by atoms with Gasteiger partial charge < -0.3 is 10.4 Å². The highest BCUT2D eigenvalue weighted by Gasteiger charge is 2.13. The molecular formula is C15H15N3O2S. The molecule has 21 heavy (non-hydrogen) atoms. The smallest absolute Gasteiger partial charge is 0.337 e. The molecule has 0 saturated carbocycles. The molecule has 0 atom stereocenters. The summed E-state index contributed by atoms with van der Waals surface area (Å²) >= 11 is 1.61. The lowest BCUT2D eigenvalue weighted by Crippen LogP contribution is -2.08. The number of nitrogens with zero attached hydrogens (tertiary/aromatic N) is 2. The number of carboxylic acids is 1. The average molecular weight is 301 g/mol. The summed E-state index contributed by atoms with van der Waals surface area (Å²) in [4.78, 5) is 16.7. The van der Waals surface area contributed by atoms with Crippen molar-refractivity contribution in [1.29, 1.82) is 0 Å². The number of anilines is 1. The molecule has 2 heterocycles. The molecule has 2 aromatic heterocycles. The predicted molar refractivity (Wildman–Crippen MR) is 83.3 cm³/mol. The first-order chi connectivity index (χ1) is 10.1. The molecule has 5 nitrogen and oxygen atoms in total. The number of nitrogens with one attached hydrogen (secondary N) is 1. The first-order valence-electron chi connectivity index (χ1n) is 6.56. The van der Waals surface area contributed by atoms with E-state index in [0.29, 0.717) is 12.2 Å². The summed E-state index contributed by atoms with van der Waals surface area (Å²) in [6.07, 6.45) is 0. The summed E-state index contributed by atoms with van der Waals surface area (Å²) in [5.74, 6) is -0.931. The van der Waals surface area contributed by atoms with E-state index in [1.54, 1.807) is 29.5 Å². The summed E-state index contributed by atoms with van der Waals surface area (Å²) in [7, 11) is 0. The number of hydrogen-bond donors (Lipinski definition) is 2. The second-order valence-corrected chi connectivity index (χ2v) is 5.68. The van der Waals surface area contributed by atoms with E-state index < -0.39 is 5.97 Å². The van der Waals surface area contributed by atoms with Crippen LogP contribution in [0.2, 0.25) is 0 Å². The normalized spacial score (nSPS) is 11.0. The molecule has 0 radical (unpaired) electrons. The van der Waals surface area contributed by atoms with Gasteiger partial charge in [-0.25, -0.2) is 9.78 Å². The number of thiazole rings is 1. The molecule has 0 amide bonds. The van der Waals surface area contributed by atoms with Gasteiger partial charge in [0.2, 0.25) is 0 Å². The van der Waals surface area contributed by atoms with Gasteiger partial charge in [0, 0.05) is 16.8 Å². The van der Waals surface area contributed by atoms with Crippen molar-refractivity contribution >= 4 is 28.0 Å². The molecule has 3 aromatic rings. The third-order valence-corrected chi connectivity index (χ3v) is 4.38. The summed E-state index contributed by atoms with van der Waals surface area (Å²) in [6.45, 7) is 4.55. The molecule has 0 aliphatic carbocycles. The van der Waals surface area contributed by atoms with Crippen LogP contribution in [0.1, 0.15) is 27.4 Å². The van der Waals surface area contributed by atoms with Gasteiger partial charge in [0.05, 0.1) is 23.5 Å². The molecule has 2 N–H and O–H groups in total. The van der Waals surface area contributed by atoms with Crippen LogP contribution in [0.25, 0.3) is 4.96 Å². The Morgan fingerprint density at radius 2 is 2.14 bits per heavy atom. The number of hydrogen-bond acceptors (Lipinski definition) is 4. The number of carboxylic acid groups (broad SMARTS) is 1. The molecular weight excluding hydrogens is 286 g/mol. The van der Waals surface area contributed by atoms with Crippen LogP contribution in [0.4, 0.5) is 5.69 Å². The molecule has 0 spiro atoms. The quantitative estimate of drug-likeness (QED) is 0.775. The topological polar surface area (TPSA) is 66.6 Å². The number of fused-ring (bicyclic) bond motifs is 1. The number of aromatic nitrogens is 2. The van der Waals surface area contributed by atoms with Crippen LogP contribution in [0.3, 0.4) is 0 Å². The van der Waals surface area contributed by atoms with Gasteiger partial charge in [-0.1, -0.05) is 12.1 Å². The number of benzene rings is 1. The van der Waals surface area contributed by atoms with E-state index in [2.05, 4.69) is 20.1 Å². The van der Waals surface area contributed by atoms with Crippen LogP contribution in [0.5, 0.6) is 0 Å². The van der Waals surface area contributed by atoms with Gasteiger partial charge in [-0.05, 0) is 26.0 Å². The van der Waals surface area contributed by atoms with Crippen LogP contribution >= 0.6 is 11.3 Å². The fraction of sp³-hybridized carbons (Fsp3) is 0.200. The maximum absolute atomic E-state index is 11.2. The SMILES string of the molecule is Cc1nc2scc(C)n2c1CNc1ccccc1C(=O)O. The Bertz CT molecular complexity index is 820. The van der Waals surface area contributed by atoms with E-state index in [1.165, 1.54) is 0 Å². The summed E-state index contributed by atoms with van der Waals surface area (Å²) in [5, 5.41) is 14.5. The zero-order valence-electron chi connectivity index (χ0n) is 11.8. The number of aryl methyl sites for hydroxylation is 2. The summed E-state index contributed by atoms with van der Waals surface area (Å²) in [6, 6.07) is 6.92. The largest absolute Gasteiger partial charge is 0.478 e. The maximum Gasteiger partial charge on any atom is 0.337 e. The second kappa shape index (κ2) is 5.21. The first kappa shape index (κ1) is 13.6. The Labute approximate surface area is 125 Å². The van der Waals surface area contributed by atoms with E-state index in [1.807, 2.05) is 19.9 Å². The standard InChI is InChI=1S/C15H15N3O2S/c1-9-8-21-15-17-10(2)13(18(9)15)7-16-12-6-4-3-5-11(12)14(19)20/h3-6,8,16H,7H2,1-2H3,(H,19,20). The van der Waals surface area contributed by atoms with Crippen molar-refractivity contribution in [2.45, 2.75) is 20.4 Å². The Balaban J connectivity index is 1.92. The highest BCUT2D eigenvalue weighted by atomic mass is 32.1. The van der Waals surface area contributed by atoms with Crippen LogP contribution in [0, 0.1) is 13.8 Å². The molecule has 108 valence electrons. The highest BCUT2D eigenvalue weighted by Crippen LogP contribution is 2.22. The van der Waals surface area contributed by atoms with Crippen LogP contribution in [0.15, 0.2) is 29.6 Å². The van der Waals surface area contributed by atoms with Crippen molar-refractivity contribution in [3.8, 4) is 0 Å². The minimum Gasteiger partial charge on any atom is -0.478 e. The molecule has 0 aliphatic rings. The van der Waals surface area contributed by atoms with Crippen molar-refractivity contribution in [1.82, 2.24) is 9.38 Å². The third-order valence-electron chi connectivity index (χ3n) is 3.43. The molecule has 0 saturated heterocycles. The lowest BCUT2D eigenvalue weighted by molar-refractivity contribution is 0.0698. The Hall–Kier alpha value is -2.34. The van der Waals surface area contributed by atoms with E-state index in [0.717, 1.165) is 22.0 Å². The van der Waals surface area contributed by atoms with Crippen molar-refractivity contribution in [3.63, 3.8) is 0 Å². The van der Waals surface area contributed by atoms with Gasteiger partial charge in [-0.3, -0.25) is 4.40 Å². The lowest BCUT2D eigenvalue weighted by atomic mass is 10.2. The van der Waals surface area contributed by atoms with Gasteiger partial charge in [0.1, 0.15) is 0 Å². The Morgan fingerprint density at radius 3 is 2.90 bits per heavy atom. The number of rotatable bonds is 4. The van der Waals surface area contributed by atoms with Gasteiger partial charge in [0.15, 0.2) is 4.96 Å². The zero-order chi connectivity index (χ0) is 15.0. The van der Waals surface area contributed by atoms with E-state index in [-0.39, 0.29) is 5.56 Å².